The van der Waals surface area contributed by atoms with Gasteiger partial charge in [0, 0.05) is 16.7 Å². The van der Waals surface area contributed by atoms with Crippen molar-refractivity contribution in [3.05, 3.63) is 48.2 Å². The largest absolute Gasteiger partial charge is 0.358 e. The summed E-state index contributed by atoms with van der Waals surface area (Å²) in [6.45, 7) is 0. The number of nitrogens with one attached hydrogen (secondary N) is 1. The summed E-state index contributed by atoms with van der Waals surface area (Å²) >= 11 is 3.45. The van der Waals surface area contributed by atoms with Crippen LogP contribution in [0.4, 0.5) is 0 Å². The second kappa shape index (κ2) is 5.90. The molecule has 2 aromatic rings. The Labute approximate surface area is 105 Å². The normalized spacial score (nSPS) is 10.6. The van der Waals surface area contributed by atoms with Crippen molar-refractivity contribution in [2.45, 2.75) is 19.3 Å². The van der Waals surface area contributed by atoms with Crippen molar-refractivity contribution in [1.29, 1.82) is 0 Å². The van der Waals surface area contributed by atoms with Gasteiger partial charge in [-0.2, -0.15) is 0 Å². The van der Waals surface area contributed by atoms with E-state index in [-0.39, 0.29) is 0 Å². The molecule has 1 N–H and O–H groups in total. The fourth-order valence-electron chi connectivity index (χ4n) is 1.78. The third-order valence-corrected chi connectivity index (χ3v) is 3.22. The first-order valence-corrected chi connectivity index (χ1v) is 6.81. The highest BCUT2D eigenvalue weighted by Gasteiger charge is 2.00. The lowest BCUT2D eigenvalue weighted by Crippen LogP contribution is -1.86. The van der Waals surface area contributed by atoms with Crippen LogP contribution in [0.2, 0.25) is 0 Å². The molecule has 0 bridgehead atoms. The van der Waals surface area contributed by atoms with Gasteiger partial charge in [-0.15, -0.1) is 0 Å². The molecule has 0 radical (unpaired) electrons. The predicted molar refractivity (Wildman–Crippen MR) is 73.0 cm³/mol. The van der Waals surface area contributed by atoms with Gasteiger partial charge in [-0.3, -0.25) is 0 Å². The van der Waals surface area contributed by atoms with Crippen LogP contribution in [-0.4, -0.2) is 10.3 Å². The quantitative estimate of drug-likeness (QED) is 0.616. The van der Waals surface area contributed by atoms with E-state index in [0.717, 1.165) is 11.8 Å². The van der Waals surface area contributed by atoms with Crippen LogP contribution in [0, 0.1) is 0 Å². The molecule has 16 heavy (non-hydrogen) atoms. The molecule has 1 aromatic heterocycles. The summed E-state index contributed by atoms with van der Waals surface area (Å²) < 4.78 is 0. The average molecular weight is 278 g/mol. The minimum atomic E-state index is 1.10. The van der Waals surface area contributed by atoms with Crippen molar-refractivity contribution in [3.63, 3.8) is 0 Å². The highest BCUT2D eigenvalue weighted by Crippen LogP contribution is 2.18. The van der Waals surface area contributed by atoms with E-state index in [0.29, 0.717) is 0 Å². The molecule has 0 unspecified atom stereocenters. The second-order valence-corrected chi connectivity index (χ2v) is 4.70. The molecule has 2 rings (SSSR count). The Morgan fingerprint density at radius 1 is 0.938 bits per heavy atom. The SMILES string of the molecule is BrCCCCc1ccc(-c2ccccc2)[nH]1. The molecule has 0 aliphatic heterocycles. The molecule has 1 heterocycles. The molecule has 0 aliphatic carbocycles. The zero-order valence-corrected chi connectivity index (χ0v) is 10.8. The van der Waals surface area contributed by atoms with Crippen LogP contribution >= 0.6 is 15.9 Å². The van der Waals surface area contributed by atoms with Crippen LogP contribution in [0.5, 0.6) is 0 Å². The Kier molecular flexibility index (Phi) is 4.23. The van der Waals surface area contributed by atoms with E-state index in [1.807, 2.05) is 6.07 Å². The molecule has 0 spiro atoms. The summed E-state index contributed by atoms with van der Waals surface area (Å²) in [5.74, 6) is 0. The number of hydrogen-bond donors (Lipinski definition) is 1. The number of rotatable bonds is 5. The summed E-state index contributed by atoms with van der Waals surface area (Å²) in [5.41, 5.74) is 3.81. The van der Waals surface area contributed by atoms with E-state index >= 15 is 0 Å². The van der Waals surface area contributed by atoms with Crippen LogP contribution in [0.1, 0.15) is 18.5 Å². The highest BCUT2D eigenvalue weighted by molar-refractivity contribution is 9.09. The number of aromatic amines is 1. The van der Waals surface area contributed by atoms with Gasteiger partial charge in [0.05, 0.1) is 0 Å². The molecular weight excluding hydrogens is 262 g/mol. The Morgan fingerprint density at radius 3 is 2.50 bits per heavy atom. The van der Waals surface area contributed by atoms with Crippen LogP contribution in [-0.2, 0) is 6.42 Å². The Morgan fingerprint density at radius 2 is 1.75 bits per heavy atom. The molecule has 0 saturated carbocycles. The van der Waals surface area contributed by atoms with Crippen molar-refractivity contribution in [2.24, 2.45) is 0 Å². The molecular formula is C14H16BrN. The number of aryl methyl sites for hydroxylation is 1. The number of halogens is 1. The molecule has 2 heteroatoms. The van der Waals surface area contributed by atoms with Gasteiger partial charge in [-0.25, -0.2) is 0 Å². The number of aromatic nitrogens is 1. The third-order valence-electron chi connectivity index (χ3n) is 2.66. The van der Waals surface area contributed by atoms with Crippen LogP contribution < -0.4 is 0 Å². The summed E-state index contributed by atoms with van der Waals surface area (Å²) in [4.78, 5) is 3.47. The van der Waals surface area contributed by atoms with Gasteiger partial charge in [0.1, 0.15) is 0 Å². The van der Waals surface area contributed by atoms with Crippen molar-refractivity contribution in [2.75, 3.05) is 5.33 Å². The van der Waals surface area contributed by atoms with Crippen molar-refractivity contribution in [1.82, 2.24) is 4.98 Å². The maximum atomic E-state index is 3.47. The second-order valence-electron chi connectivity index (χ2n) is 3.91. The van der Waals surface area contributed by atoms with Gasteiger partial charge >= 0.3 is 0 Å². The molecule has 1 aromatic carbocycles. The fourth-order valence-corrected chi connectivity index (χ4v) is 2.18. The first-order chi connectivity index (χ1) is 7.90. The maximum Gasteiger partial charge on any atom is 0.0456 e. The third kappa shape index (κ3) is 2.99. The van der Waals surface area contributed by atoms with E-state index in [4.69, 9.17) is 0 Å². The van der Waals surface area contributed by atoms with Gasteiger partial charge in [0.25, 0.3) is 0 Å². The maximum absolute atomic E-state index is 3.47. The molecule has 0 amide bonds. The summed E-state index contributed by atoms with van der Waals surface area (Å²) in [6.07, 6.45) is 3.61. The van der Waals surface area contributed by atoms with Gasteiger partial charge in [0.15, 0.2) is 0 Å². The predicted octanol–water partition coefficient (Wildman–Crippen LogP) is 4.40. The summed E-state index contributed by atoms with van der Waals surface area (Å²) in [6, 6.07) is 14.8. The zero-order chi connectivity index (χ0) is 11.2. The Hall–Kier alpha value is -1.02. The van der Waals surface area contributed by atoms with Gasteiger partial charge in [-0.1, -0.05) is 46.3 Å². The molecule has 0 aliphatic rings. The molecule has 0 fully saturated rings. The van der Waals surface area contributed by atoms with E-state index in [9.17, 15) is 0 Å². The lowest BCUT2D eigenvalue weighted by Gasteiger charge is -1.98. The molecule has 0 saturated heterocycles. The number of alkyl halides is 1. The average Bonchev–Trinajstić information content (AvgIpc) is 2.79. The van der Waals surface area contributed by atoms with Crippen molar-refractivity contribution in [3.8, 4) is 11.3 Å². The van der Waals surface area contributed by atoms with Crippen molar-refractivity contribution < 1.29 is 0 Å². The van der Waals surface area contributed by atoms with Crippen LogP contribution in [0.25, 0.3) is 11.3 Å². The van der Waals surface area contributed by atoms with Crippen LogP contribution in [0.3, 0.4) is 0 Å². The highest BCUT2D eigenvalue weighted by atomic mass is 79.9. The summed E-state index contributed by atoms with van der Waals surface area (Å²) in [5, 5.41) is 1.10. The monoisotopic (exact) mass is 277 g/mol. The number of benzene rings is 1. The van der Waals surface area contributed by atoms with E-state index in [2.05, 4.69) is 57.3 Å². The van der Waals surface area contributed by atoms with E-state index in [1.165, 1.54) is 29.8 Å². The fraction of sp³-hybridized carbons (Fsp3) is 0.286. The standard InChI is InChI=1S/C14H16BrN/c15-11-5-4-8-13-9-10-14(16-13)12-6-2-1-3-7-12/h1-3,6-7,9-10,16H,4-5,8,11H2. The Balaban J connectivity index is 2.02. The van der Waals surface area contributed by atoms with Crippen molar-refractivity contribution >= 4 is 15.9 Å². The Bertz CT molecular complexity index is 419. The van der Waals surface area contributed by atoms with Crippen LogP contribution in [0.15, 0.2) is 42.5 Å². The van der Waals surface area contributed by atoms with Gasteiger partial charge in [0.2, 0.25) is 0 Å². The minimum absolute atomic E-state index is 1.10. The number of hydrogen-bond acceptors (Lipinski definition) is 0. The molecule has 84 valence electrons. The molecule has 0 atom stereocenters. The topological polar surface area (TPSA) is 15.8 Å². The van der Waals surface area contributed by atoms with Gasteiger partial charge < -0.3 is 4.98 Å². The summed E-state index contributed by atoms with van der Waals surface area (Å²) in [7, 11) is 0. The first kappa shape index (κ1) is 11.5. The molecule has 1 nitrogen and oxygen atoms in total. The smallest absolute Gasteiger partial charge is 0.0456 e. The lowest BCUT2D eigenvalue weighted by molar-refractivity contribution is 0.791. The number of H-pyrrole nitrogens is 1. The van der Waals surface area contributed by atoms with Gasteiger partial charge in [-0.05, 0) is 37.0 Å². The lowest BCUT2D eigenvalue weighted by atomic mass is 10.2. The van der Waals surface area contributed by atoms with E-state index < -0.39 is 0 Å². The minimum Gasteiger partial charge on any atom is -0.358 e. The number of unbranched alkanes of at least 4 members (excludes halogenated alkanes) is 1. The first-order valence-electron chi connectivity index (χ1n) is 5.69. The van der Waals surface area contributed by atoms with E-state index in [1.54, 1.807) is 0 Å². The zero-order valence-electron chi connectivity index (χ0n) is 9.25.